The maximum absolute atomic E-state index is 12.2. The van der Waals surface area contributed by atoms with Crippen molar-refractivity contribution in [3.05, 3.63) is 60.2 Å². The third-order valence-electron chi connectivity index (χ3n) is 5.06. The van der Waals surface area contributed by atoms with E-state index in [1.807, 2.05) is 0 Å². The molecule has 6 N–H and O–H groups in total. The molecule has 0 saturated carbocycles. The molecule has 0 unspecified atom stereocenters. The predicted molar refractivity (Wildman–Crippen MR) is 141 cm³/mol. The maximum atomic E-state index is 12.2. The van der Waals surface area contributed by atoms with Crippen molar-refractivity contribution in [2.24, 2.45) is 20.5 Å². The van der Waals surface area contributed by atoms with Gasteiger partial charge >= 0.3 is 5.97 Å². The molecule has 0 saturated heterocycles. The predicted octanol–water partition coefficient (Wildman–Crippen LogP) is 3.87. The van der Waals surface area contributed by atoms with Crippen LogP contribution in [0.25, 0.3) is 0 Å². The molecule has 0 aromatic heterocycles. The highest BCUT2D eigenvalue weighted by atomic mass is 32.2. The largest absolute Gasteiger partial charge is 0.462 e. The van der Waals surface area contributed by atoms with Gasteiger partial charge in [-0.15, -0.1) is 15.3 Å². The van der Waals surface area contributed by atoms with Gasteiger partial charge in [-0.1, -0.05) is 18.2 Å². The minimum absolute atomic E-state index is 0.0385. The molecule has 0 bridgehead atoms. The Morgan fingerprint density at radius 1 is 0.897 bits per heavy atom. The minimum Gasteiger partial charge on any atom is -0.462 e. The van der Waals surface area contributed by atoms with Crippen molar-refractivity contribution >= 4 is 60.0 Å². The number of benzene rings is 3. The van der Waals surface area contributed by atoms with Crippen LogP contribution in [0.15, 0.2) is 84.8 Å². The number of aliphatic hydroxyl groups is 1. The highest BCUT2D eigenvalue weighted by molar-refractivity contribution is 7.91. The number of aliphatic hydroxyl groups excluding tert-OH is 1. The first-order valence-corrected chi connectivity index (χ1v) is 14.2. The normalized spacial score (nSPS) is 12.3. The molecule has 0 atom stereocenters. The fraction of sp³-hybridized carbons (Fsp3) is 0.174. The van der Waals surface area contributed by atoms with Gasteiger partial charge in [0.15, 0.2) is 9.84 Å². The lowest BCUT2D eigenvalue weighted by atomic mass is 10.2. The molecule has 39 heavy (non-hydrogen) atoms. The highest BCUT2D eigenvalue weighted by Gasteiger charge is 2.23. The topological polar surface area (TPSA) is 237 Å². The van der Waals surface area contributed by atoms with Crippen molar-refractivity contribution in [3.63, 3.8) is 0 Å². The number of sulfone groups is 1. The molecule has 0 amide bonds. The number of ether oxygens (including phenoxy) is 1. The number of rotatable bonds is 10. The Balaban J connectivity index is 2.11. The molecule has 3 aromatic rings. The molecule has 3 aromatic carbocycles. The smallest absolute Gasteiger partial charge is 0.340 e. The van der Waals surface area contributed by atoms with Gasteiger partial charge in [0.1, 0.15) is 22.0 Å². The number of hydrogen-bond acceptors (Lipinski definition) is 13. The number of hydrogen-bond donors (Lipinski definition) is 4. The zero-order valence-corrected chi connectivity index (χ0v) is 22.1. The van der Waals surface area contributed by atoms with Crippen LogP contribution >= 0.6 is 0 Å². The second kappa shape index (κ2) is 12.1. The summed E-state index contributed by atoms with van der Waals surface area (Å²) < 4.78 is 63.1. The molecule has 0 fully saturated rings. The lowest BCUT2D eigenvalue weighted by molar-refractivity contribution is 0.0527. The molecule has 16 heteroatoms. The third kappa shape index (κ3) is 6.99. The summed E-state index contributed by atoms with van der Waals surface area (Å²) in [6.45, 7) is 1.18. The minimum atomic E-state index is -4.88. The van der Waals surface area contributed by atoms with Crippen LogP contribution in [0.5, 0.6) is 0 Å². The molecule has 206 valence electrons. The standard InChI is InChI=1S/C23H24N6O8S2/c1-2-37-23(31)16-8-3-4-9-17(16)27-28-18-13-19(39(34,35)36)21(25)22(20(18)24)29-26-14-6-5-7-15(12-14)38(32,33)11-10-30/h3-9,12-13,30H,2,10-11,24-25H2,1H3,(H,34,35,36). The first-order chi connectivity index (χ1) is 18.4. The van der Waals surface area contributed by atoms with E-state index in [4.69, 9.17) is 21.3 Å². The second-order valence-electron chi connectivity index (χ2n) is 7.72. The molecule has 0 radical (unpaired) electrons. The number of nitrogens with zero attached hydrogens (tertiary/aromatic N) is 4. The van der Waals surface area contributed by atoms with Crippen molar-refractivity contribution in [2.75, 3.05) is 30.4 Å². The van der Waals surface area contributed by atoms with Gasteiger partial charge in [-0.05, 0) is 43.3 Å². The summed E-state index contributed by atoms with van der Waals surface area (Å²) >= 11 is 0. The summed E-state index contributed by atoms with van der Waals surface area (Å²) in [4.78, 5) is 11.3. The van der Waals surface area contributed by atoms with E-state index in [1.165, 1.54) is 36.4 Å². The Kier molecular flexibility index (Phi) is 9.08. The number of esters is 1. The highest BCUT2D eigenvalue weighted by Crippen LogP contribution is 2.43. The van der Waals surface area contributed by atoms with Crippen LogP contribution < -0.4 is 11.5 Å². The van der Waals surface area contributed by atoms with Crippen molar-refractivity contribution in [1.29, 1.82) is 0 Å². The van der Waals surface area contributed by atoms with Crippen molar-refractivity contribution in [3.8, 4) is 0 Å². The number of carbonyl (C=O) groups is 1. The van der Waals surface area contributed by atoms with Crippen molar-refractivity contribution < 1.29 is 36.0 Å². The molecule has 0 aliphatic heterocycles. The van der Waals surface area contributed by atoms with Gasteiger partial charge in [-0.2, -0.15) is 13.5 Å². The molecule has 14 nitrogen and oxygen atoms in total. The van der Waals surface area contributed by atoms with E-state index in [1.54, 1.807) is 19.1 Å². The molecule has 0 heterocycles. The third-order valence-corrected chi connectivity index (χ3v) is 7.65. The summed E-state index contributed by atoms with van der Waals surface area (Å²) in [6, 6.07) is 12.2. The first-order valence-electron chi connectivity index (χ1n) is 11.1. The number of anilines is 2. The van der Waals surface area contributed by atoms with Crippen LogP contribution in [-0.2, 0) is 24.7 Å². The number of azo groups is 2. The Morgan fingerprint density at radius 2 is 1.59 bits per heavy atom. The van der Waals surface area contributed by atoms with Gasteiger partial charge < -0.3 is 21.3 Å². The fourth-order valence-electron chi connectivity index (χ4n) is 3.20. The number of nitrogen functional groups attached to an aromatic ring is 2. The quantitative estimate of drug-likeness (QED) is 0.118. The van der Waals surface area contributed by atoms with E-state index in [9.17, 15) is 26.2 Å². The van der Waals surface area contributed by atoms with Crippen LogP contribution in [0.3, 0.4) is 0 Å². The SMILES string of the molecule is CCOC(=O)c1ccccc1N=Nc1cc(S(=O)(=O)O)c(N)c(N=Nc2cccc(S(=O)(=O)CCO)c2)c1N. The van der Waals surface area contributed by atoms with Crippen LogP contribution in [0.4, 0.5) is 34.1 Å². The summed E-state index contributed by atoms with van der Waals surface area (Å²) in [5.41, 5.74) is 10.8. The van der Waals surface area contributed by atoms with Gasteiger partial charge in [0.2, 0.25) is 0 Å². The lowest BCUT2D eigenvalue weighted by Gasteiger charge is -2.10. The van der Waals surface area contributed by atoms with E-state index >= 15 is 0 Å². The summed E-state index contributed by atoms with van der Waals surface area (Å²) in [5.74, 6) is -1.16. The molecule has 0 aliphatic rings. The first kappa shape index (κ1) is 29.3. The van der Waals surface area contributed by atoms with Gasteiger partial charge in [-0.25, -0.2) is 13.2 Å². The van der Waals surface area contributed by atoms with Crippen LogP contribution in [0, 0.1) is 0 Å². The monoisotopic (exact) mass is 576 g/mol. The van der Waals surface area contributed by atoms with E-state index in [-0.39, 0.29) is 45.5 Å². The summed E-state index contributed by atoms with van der Waals surface area (Å²) in [7, 11) is -8.67. The average Bonchev–Trinajstić information content (AvgIpc) is 2.88. The van der Waals surface area contributed by atoms with Crippen molar-refractivity contribution in [1.82, 2.24) is 0 Å². The Morgan fingerprint density at radius 3 is 2.26 bits per heavy atom. The molecule has 0 spiro atoms. The fourth-order valence-corrected chi connectivity index (χ4v) is 4.90. The van der Waals surface area contributed by atoms with E-state index in [0.29, 0.717) is 0 Å². The Labute approximate surface area is 223 Å². The maximum Gasteiger partial charge on any atom is 0.340 e. The van der Waals surface area contributed by atoms with Crippen LogP contribution in [0.2, 0.25) is 0 Å². The summed E-state index contributed by atoms with van der Waals surface area (Å²) in [5, 5.41) is 24.7. The van der Waals surface area contributed by atoms with Crippen LogP contribution in [0.1, 0.15) is 17.3 Å². The zero-order chi connectivity index (χ0) is 28.8. The van der Waals surface area contributed by atoms with Gasteiger partial charge in [-0.3, -0.25) is 4.55 Å². The molecular formula is C23H24N6O8S2. The van der Waals surface area contributed by atoms with E-state index < -0.39 is 48.9 Å². The average molecular weight is 577 g/mol. The van der Waals surface area contributed by atoms with Crippen molar-refractivity contribution in [2.45, 2.75) is 16.7 Å². The summed E-state index contributed by atoms with van der Waals surface area (Å²) in [6.07, 6.45) is 0. The zero-order valence-electron chi connectivity index (χ0n) is 20.4. The van der Waals surface area contributed by atoms with Gasteiger partial charge in [0.25, 0.3) is 10.1 Å². The van der Waals surface area contributed by atoms with E-state index in [2.05, 4.69) is 20.5 Å². The number of nitrogens with two attached hydrogens (primary N) is 2. The van der Waals surface area contributed by atoms with Gasteiger partial charge in [0, 0.05) is 0 Å². The second-order valence-corrected chi connectivity index (χ2v) is 11.2. The van der Waals surface area contributed by atoms with Gasteiger partial charge in [0.05, 0.1) is 46.5 Å². The van der Waals surface area contributed by atoms with Crippen LogP contribution in [-0.4, -0.2) is 51.4 Å². The lowest BCUT2D eigenvalue weighted by Crippen LogP contribution is -2.09. The molecule has 3 rings (SSSR count). The Bertz CT molecular complexity index is 1670. The number of carbonyl (C=O) groups excluding carboxylic acids is 1. The Hall–Kier alpha value is -4.25. The van der Waals surface area contributed by atoms with E-state index in [0.717, 1.165) is 6.07 Å². The molecule has 0 aliphatic carbocycles. The molecular weight excluding hydrogens is 552 g/mol.